The van der Waals surface area contributed by atoms with Gasteiger partial charge in [0, 0.05) is 5.56 Å². The van der Waals surface area contributed by atoms with Crippen LogP contribution in [0.5, 0.6) is 0 Å². The summed E-state index contributed by atoms with van der Waals surface area (Å²) in [7, 11) is 5.40. The van der Waals surface area contributed by atoms with Gasteiger partial charge in [-0.05, 0) is 28.2 Å². The zero-order valence-corrected chi connectivity index (χ0v) is 15.9. The number of hydrogen-bond acceptors (Lipinski definition) is 5. The summed E-state index contributed by atoms with van der Waals surface area (Å²) in [4.78, 5) is 0. The van der Waals surface area contributed by atoms with Gasteiger partial charge >= 0.3 is 0 Å². The highest BCUT2D eigenvalue weighted by atomic mass is 35.6. The van der Waals surface area contributed by atoms with Crippen LogP contribution in [0.25, 0.3) is 0 Å². The molecule has 1 aromatic carbocycles. The van der Waals surface area contributed by atoms with Gasteiger partial charge in [-0.15, -0.1) is 10.2 Å². The summed E-state index contributed by atoms with van der Waals surface area (Å²) >= 11 is 17.9. The number of hydrogen-bond donors (Lipinski definition) is 0. The summed E-state index contributed by atoms with van der Waals surface area (Å²) in [6.07, 6.45) is 0. The molecule has 0 unspecified atom stereocenters. The summed E-state index contributed by atoms with van der Waals surface area (Å²) in [6.45, 7) is 0. The van der Waals surface area contributed by atoms with Crippen molar-refractivity contribution in [3.63, 3.8) is 0 Å². The number of halogens is 3. The third-order valence-electron chi connectivity index (χ3n) is 3.16. The molecular weight excluding hydrogens is 364 g/mol. The molecule has 2 rings (SSSR count). The fourth-order valence-corrected chi connectivity index (χ4v) is 5.66. The van der Waals surface area contributed by atoms with Gasteiger partial charge in [0.15, 0.2) is 7.36 Å². The SMILES string of the molecule is CN(C)P1(N(C)C)=NC(C(Cl)(Cl)Cl)=NN=C1c1ccccc1. The molecule has 22 heavy (non-hydrogen) atoms. The molecule has 1 aromatic rings. The Kier molecular flexibility index (Phi) is 5.38. The Morgan fingerprint density at radius 1 is 0.909 bits per heavy atom. The Bertz CT molecular complexity index is 650. The first kappa shape index (κ1) is 17.9. The van der Waals surface area contributed by atoms with Gasteiger partial charge in [0.1, 0.15) is 5.45 Å². The zero-order chi connectivity index (χ0) is 16.5. The molecule has 0 spiro atoms. The molecule has 0 aliphatic carbocycles. The molecule has 120 valence electrons. The largest absolute Gasteiger partial charge is 0.259 e. The minimum Gasteiger partial charge on any atom is -0.259 e. The first-order valence-corrected chi connectivity index (χ1v) is 9.24. The standard InChI is InChI=1S/C13H17Cl3N5P/c1-20(2)22(21(3)4)11(10-8-6-5-7-9-10)17-18-12(19-22)13(14,15)16/h5-9H,1-4H3. The Labute approximate surface area is 145 Å². The van der Waals surface area contributed by atoms with Gasteiger partial charge in [0.25, 0.3) is 3.79 Å². The molecule has 0 N–H and O–H groups in total. The maximum Gasteiger partial charge on any atom is 0.251 e. The van der Waals surface area contributed by atoms with E-state index in [1.54, 1.807) is 0 Å². The maximum atomic E-state index is 5.96. The number of rotatable bonds is 3. The van der Waals surface area contributed by atoms with E-state index in [-0.39, 0.29) is 5.84 Å². The molecule has 0 aromatic heterocycles. The second kappa shape index (κ2) is 6.60. The van der Waals surface area contributed by atoms with E-state index in [1.807, 2.05) is 67.9 Å². The maximum absolute atomic E-state index is 5.96. The minimum absolute atomic E-state index is 0.105. The molecule has 0 fully saturated rings. The summed E-state index contributed by atoms with van der Waals surface area (Å²) in [6, 6.07) is 9.81. The molecule has 0 atom stereocenters. The van der Waals surface area contributed by atoms with Crippen molar-refractivity contribution < 1.29 is 0 Å². The van der Waals surface area contributed by atoms with Crippen LogP contribution >= 0.6 is 42.2 Å². The molecular formula is C13H17Cl3N5P. The lowest BCUT2D eigenvalue weighted by Crippen LogP contribution is -2.31. The smallest absolute Gasteiger partial charge is 0.251 e. The summed E-state index contributed by atoms with van der Waals surface area (Å²) in [5, 5.41) is 8.40. The lowest BCUT2D eigenvalue weighted by molar-refractivity contribution is 0.574. The Morgan fingerprint density at radius 3 is 1.91 bits per heavy atom. The fraction of sp³-hybridized carbons (Fsp3) is 0.385. The number of benzene rings is 1. The van der Waals surface area contributed by atoms with Crippen LogP contribution in [0.2, 0.25) is 0 Å². The predicted molar refractivity (Wildman–Crippen MR) is 97.4 cm³/mol. The number of nitrogens with zero attached hydrogens (tertiary/aromatic N) is 5. The predicted octanol–water partition coefficient (Wildman–Crippen LogP) is 4.28. The van der Waals surface area contributed by atoms with Crippen LogP contribution in [0, 0.1) is 0 Å². The van der Waals surface area contributed by atoms with Crippen molar-refractivity contribution in [1.29, 1.82) is 0 Å². The van der Waals surface area contributed by atoms with Crippen molar-refractivity contribution in [2.24, 2.45) is 14.9 Å². The average molecular weight is 381 g/mol. The molecule has 0 saturated heterocycles. The first-order chi connectivity index (χ1) is 10.2. The fourth-order valence-electron chi connectivity index (χ4n) is 2.20. The summed E-state index contributed by atoms with van der Waals surface area (Å²) in [5.74, 6) is 0.105. The van der Waals surface area contributed by atoms with Crippen LogP contribution in [0.15, 0.2) is 45.3 Å². The van der Waals surface area contributed by atoms with Crippen LogP contribution in [0.3, 0.4) is 0 Å². The molecule has 0 bridgehead atoms. The normalized spacial score (nSPS) is 18.0. The Morgan fingerprint density at radius 2 is 1.45 bits per heavy atom. The molecule has 0 amide bonds. The third kappa shape index (κ3) is 3.25. The Balaban J connectivity index is 2.74. The highest BCUT2D eigenvalue weighted by Crippen LogP contribution is 2.58. The monoisotopic (exact) mass is 379 g/mol. The average Bonchev–Trinajstić information content (AvgIpc) is 2.46. The molecule has 1 aliphatic heterocycles. The van der Waals surface area contributed by atoms with Crippen molar-refractivity contribution in [3.05, 3.63) is 35.9 Å². The van der Waals surface area contributed by atoms with Gasteiger partial charge in [-0.2, -0.15) is 0 Å². The Hall–Kier alpha value is -0.420. The summed E-state index contributed by atoms with van der Waals surface area (Å²) < 4.78 is 7.06. The molecule has 0 saturated carbocycles. The zero-order valence-electron chi connectivity index (χ0n) is 12.7. The van der Waals surface area contributed by atoms with Gasteiger partial charge in [-0.3, -0.25) is 9.34 Å². The van der Waals surface area contributed by atoms with E-state index in [4.69, 9.17) is 39.5 Å². The number of amidine groups is 1. The van der Waals surface area contributed by atoms with Crippen LogP contribution < -0.4 is 0 Å². The van der Waals surface area contributed by atoms with Crippen LogP contribution in [0.1, 0.15) is 5.56 Å². The summed E-state index contributed by atoms with van der Waals surface area (Å²) in [5.41, 5.74) is 1.73. The van der Waals surface area contributed by atoms with Gasteiger partial charge in [0.2, 0.25) is 5.84 Å². The second-order valence-electron chi connectivity index (χ2n) is 5.07. The molecule has 0 radical (unpaired) electrons. The van der Waals surface area contributed by atoms with E-state index in [1.165, 1.54) is 0 Å². The highest BCUT2D eigenvalue weighted by Gasteiger charge is 2.40. The second-order valence-corrected chi connectivity index (χ2v) is 10.7. The van der Waals surface area contributed by atoms with E-state index in [0.717, 1.165) is 11.0 Å². The third-order valence-corrected chi connectivity index (χ3v) is 7.28. The van der Waals surface area contributed by atoms with Crippen molar-refractivity contribution in [3.8, 4) is 0 Å². The van der Waals surface area contributed by atoms with E-state index >= 15 is 0 Å². The molecule has 1 aliphatic rings. The number of alkyl halides is 3. The van der Waals surface area contributed by atoms with Crippen molar-refractivity contribution in [2.45, 2.75) is 3.79 Å². The van der Waals surface area contributed by atoms with E-state index in [9.17, 15) is 0 Å². The quantitative estimate of drug-likeness (QED) is 0.580. The van der Waals surface area contributed by atoms with Crippen LogP contribution in [-0.4, -0.2) is 52.6 Å². The van der Waals surface area contributed by atoms with Crippen molar-refractivity contribution in [2.75, 3.05) is 28.2 Å². The van der Waals surface area contributed by atoms with Gasteiger partial charge in [-0.1, -0.05) is 65.1 Å². The molecule has 9 heteroatoms. The highest BCUT2D eigenvalue weighted by molar-refractivity contribution is 7.79. The van der Waals surface area contributed by atoms with Crippen molar-refractivity contribution in [1.82, 2.24) is 9.34 Å². The topological polar surface area (TPSA) is 43.6 Å². The van der Waals surface area contributed by atoms with E-state index in [0.29, 0.717) is 0 Å². The van der Waals surface area contributed by atoms with Gasteiger partial charge in [0.05, 0.1) is 0 Å². The van der Waals surface area contributed by atoms with E-state index < -0.39 is 11.1 Å². The van der Waals surface area contributed by atoms with Gasteiger partial charge < -0.3 is 0 Å². The van der Waals surface area contributed by atoms with E-state index in [2.05, 4.69) is 10.2 Å². The van der Waals surface area contributed by atoms with Gasteiger partial charge in [-0.25, -0.2) is 4.74 Å². The lowest BCUT2D eigenvalue weighted by Gasteiger charge is -2.38. The lowest BCUT2D eigenvalue weighted by atomic mass is 10.2. The van der Waals surface area contributed by atoms with Crippen LogP contribution in [-0.2, 0) is 0 Å². The van der Waals surface area contributed by atoms with Crippen molar-refractivity contribution >= 4 is 53.4 Å². The molecule has 1 heterocycles. The minimum atomic E-state index is -2.36. The molecule has 5 nitrogen and oxygen atoms in total. The van der Waals surface area contributed by atoms with Crippen LogP contribution in [0.4, 0.5) is 0 Å². The first-order valence-electron chi connectivity index (χ1n) is 6.46.